The number of aliphatic hydroxyl groups is 1. The van der Waals surface area contributed by atoms with Crippen LogP contribution in [0, 0.1) is 5.21 Å². The van der Waals surface area contributed by atoms with Crippen LogP contribution in [0.1, 0.15) is 29.9 Å². The van der Waals surface area contributed by atoms with Gasteiger partial charge in [-0.1, -0.05) is 18.2 Å². The predicted octanol–water partition coefficient (Wildman–Crippen LogP) is 1.08. The molecule has 0 aliphatic carbocycles. The Balaban J connectivity index is 2.33. The molecule has 3 rings (SSSR count). The van der Waals surface area contributed by atoms with E-state index in [-0.39, 0.29) is 45.9 Å². The first-order chi connectivity index (χ1) is 13.4. The van der Waals surface area contributed by atoms with E-state index in [1.54, 1.807) is 13.0 Å². The van der Waals surface area contributed by atoms with Gasteiger partial charge >= 0.3 is 5.97 Å². The number of carbonyl (C=O) groups is 1. The van der Waals surface area contributed by atoms with Gasteiger partial charge in [0, 0.05) is 6.07 Å². The third-order valence-electron chi connectivity index (χ3n) is 4.11. The largest absolute Gasteiger partial charge is 0.733 e. The van der Waals surface area contributed by atoms with E-state index in [1.165, 1.54) is 18.2 Å². The van der Waals surface area contributed by atoms with Gasteiger partial charge in [0.15, 0.2) is 5.76 Å². The first-order valence-corrected chi connectivity index (χ1v) is 8.26. The Bertz CT molecular complexity index is 995. The molecule has 2 heterocycles. The lowest BCUT2D eigenvalue weighted by Crippen LogP contribution is -2.30. The van der Waals surface area contributed by atoms with Crippen molar-refractivity contribution < 1.29 is 29.0 Å². The van der Waals surface area contributed by atoms with Crippen LogP contribution in [0.2, 0.25) is 0 Å². The molecule has 1 atom stereocenters. The zero-order chi connectivity index (χ0) is 20.4. The van der Waals surface area contributed by atoms with Crippen molar-refractivity contribution in [3.63, 3.8) is 0 Å². The quantitative estimate of drug-likeness (QED) is 0.499. The zero-order valence-corrected chi connectivity index (χ0v) is 14.7. The van der Waals surface area contributed by atoms with E-state index in [2.05, 4.69) is 0 Å². The molecule has 0 fully saturated rings. The molecule has 10 heteroatoms. The molecule has 10 nitrogen and oxygen atoms in total. The lowest BCUT2D eigenvalue weighted by molar-refractivity contribution is -0.139. The van der Waals surface area contributed by atoms with Gasteiger partial charge in [-0.3, -0.25) is 10.0 Å². The second-order valence-electron chi connectivity index (χ2n) is 5.79. The maximum Gasteiger partial charge on any atom is 0.340 e. The Morgan fingerprint density at radius 2 is 2.11 bits per heavy atom. The van der Waals surface area contributed by atoms with Crippen LogP contribution in [0.25, 0.3) is 0 Å². The summed E-state index contributed by atoms with van der Waals surface area (Å²) in [7, 11) is 0. The number of nitrogens with zero attached hydrogens (tertiary/aromatic N) is 1. The highest BCUT2D eigenvalue weighted by Crippen LogP contribution is 2.44. The van der Waals surface area contributed by atoms with Crippen LogP contribution >= 0.6 is 0 Å². The van der Waals surface area contributed by atoms with Crippen molar-refractivity contribution >= 4 is 11.7 Å². The number of ether oxygens (including phenoxy) is 2. The molecule has 0 radical (unpaired) electrons. The van der Waals surface area contributed by atoms with Gasteiger partial charge in [-0.05, 0) is 18.6 Å². The van der Waals surface area contributed by atoms with E-state index in [0.29, 0.717) is 0 Å². The van der Waals surface area contributed by atoms with Crippen LogP contribution in [0.15, 0.2) is 51.0 Å². The number of carbonyl (C=O) groups excluding carboxylic acids is 1. The van der Waals surface area contributed by atoms with E-state index in [9.17, 15) is 25.1 Å². The minimum absolute atomic E-state index is 0.0329. The summed E-state index contributed by atoms with van der Waals surface area (Å²) in [5.41, 5.74) is 4.96. The molecule has 28 heavy (non-hydrogen) atoms. The molecule has 0 amide bonds. The van der Waals surface area contributed by atoms with Crippen LogP contribution in [0.3, 0.4) is 0 Å². The summed E-state index contributed by atoms with van der Waals surface area (Å²) >= 11 is 0. The normalized spacial score (nSPS) is 15.6. The standard InChI is InChI=1S/C18H17N2O8/c1-2-26-18(23)14-13(10-5-3-4-6-11(10)20(24)25)16-15(28-17(14)19)12(22)7-9(8-21)27-16/h3-7,13,21,24H,2,8,19H2,1H3/q-1/t13-/m0/s1. The van der Waals surface area contributed by atoms with Crippen molar-refractivity contribution in [2.45, 2.75) is 19.4 Å². The molecule has 2 aromatic rings. The Morgan fingerprint density at radius 3 is 2.75 bits per heavy atom. The molecular formula is C18H17N2O8-. The summed E-state index contributed by atoms with van der Waals surface area (Å²) in [5, 5.41) is 30.1. The summed E-state index contributed by atoms with van der Waals surface area (Å²) < 4.78 is 15.9. The molecule has 1 aliphatic heterocycles. The van der Waals surface area contributed by atoms with E-state index in [0.717, 1.165) is 6.07 Å². The van der Waals surface area contributed by atoms with Gasteiger partial charge in [0.05, 0.1) is 18.2 Å². The number of nitrogens with two attached hydrogens (primary N) is 1. The summed E-state index contributed by atoms with van der Waals surface area (Å²) in [6.45, 7) is 1.04. The van der Waals surface area contributed by atoms with Gasteiger partial charge in [-0.2, -0.15) is 0 Å². The highest BCUT2D eigenvalue weighted by molar-refractivity contribution is 5.93. The van der Waals surface area contributed by atoms with Crippen LogP contribution in [0.4, 0.5) is 5.69 Å². The number of hydrogen-bond donors (Lipinski definition) is 3. The van der Waals surface area contributed by atoms with Crippen LogP contribution in [0.5, 0.6) is 5.75 Å². The number of rotatable bonds is 5. The first kappa shape index (κ1) is 19.4. The van der Waals surface area contributed by atoms with Crippen molar-refractivity contribution in [2.75, 3.05) is 11.8 Å². The number of hydrogen-bond acceptors (Lipinski definition) is 10. The minimum atomic E-state index is -1.19. The molecular weight excluding hydrogens is 372 g/mol. The van der Waals surface area contributed by atoms with Crippen molar-refractivity contribution in [2.24, 2.45) is 5.73 Å². The van der Waals surface area contributed by atoms with Gasteiger partial charge in [-0.25, -0.2) is 4.79 Å². The Labute approximate surface area is 158 Å². The summed E-state index contributed by atoms with van der Waals surface area (Å²) in [6, 6.07) is 6.84. The fourth-order valence-corrected chi connectivity index (χ4v) is 2.99. The topological polar surface area (TPSA) is 159 Å². The van der Waals surface area contributed by atoms with Crippen LogP contribution in [-0.4, -0.2) is 22.9 Å². The lowest BCUT2D eigenvalue weighted by atomic mass is 9.85. The van der Waals surface area contributed by atoms with Crippen molar-refractivity contribution in [1.29, 1.82) is 0 Å². The van der Waals surface area contributed by atoms with E-state index in [4.69, 9.17) is 19.6 Å². The van der Waals surface area contributed by atoms with Crippen molar-refractivity contribution in [1.82, 2.24) is 0 Å². The third-order valence-corrected chi connectivity index (χ3v) is 4.11. The molecule has 0 unspecified atom stereocenters. The Kier molecular flexibility index (Phi) is 5.36. The number of esters is 1. The Hall–Kier alpha value is -3.34. The molecule has 1 aliphatic rings. The maximum absolute atomic E-state index is 12.6. The number of aliphatic hydroxyl groups excluding tert-OH is 1. The highest BCUT2D eigenvalue weighted by atomic mass is 16.8. The fraction of sp³-hybridized carbons (Fsp3) is 0.222. The van der Waals surface area contributed by atoms with Gasteiger partial charge in [-0.15, -0.1) is 0 Å². The average Bonchev–Trinajstić information content (AvgIpc) is 2.67. The molecule has 1 aromatic heterocycles. The number of para-hydroxylation sites is 1. The predicted molar refractivity (Wildman–Crippen MR) is 95.3 cm³/mol. The second-order valence-corrected chi connectivity index (χ2v) is 5.79. The van der Waals surface area contributed by atoms with Gasteiger partial charge in [0.1, 0.15) is 17.9 Å². The minimum Gasteiger partial charge on any atom is -0.733 e. The molecule has 0 bridgehead atoms. The zero-order valence-electron chi connectivity index (χ0n) is 14.7. The molecule has 148 valence electrons. The van der Waals surface area contributed by atoms with E-state index in [1.807, 2.05) is 0 Å². The second kappa shape index (κ2) is 7.72. The fourth-order valence-electron chi connectivity index (χ4n) is 2.99. The number of anilines is 1. The number of fused-ring (bicyclic) bond motifs is 1. The Morgan fingerprint density at radius 1 is 1.39 bits per heavy atom. The smallest absolute Gasteiger partial charge is 0.340 e. The maximum atomic E-state index is 12.6. The van der Waals surface area contributed by atoms with E-state index < -0.39 is 29.8 Å². The van der Waals surface area contributed by atoms with Gasteiger partial charge in [0.2, 0.25) is 17.1 Å². The van der Waals surface area contributed by atoms with Crippen molar-refractivity contribution in [3.8, 4) is 5.75 Å². The first-order valence-electron chi connectivity index (χ1n) is 8.26. The molecule has 1 aromatic carbocycles. The monoisotopic (exact) mass is 389 g/mol. The van der Waals surface area contributed by atoms with Crippen LogP contribution in [-0.2, 0) is 16.1 Å². The van der Waals surface area contributed by atoms with Crippen LogP contribution < -0.4 is 21.1 Å². The number of benzene rings is 1. The molecule has 0 spiro atoms. The summed E-state index contributed by atoms with van der Waals surface area (Å²) in [6.07, 6.45) is 0. The molecule has 0 saturated carbocycles. The average molecular weight is 389 g/mol. The van der Waals surface area contributed by atoms with Crippen molar-refractivity contribution in [3.05, 3.63) is 74.3 Å². The third kappa shape index (κ3) is 3.31. The lowest BCUT2D eigenvalue weighted by Gasteiger charge is -2.31. The van der Waals surface area contributed by atoms with Gasteiger partial charge in [0.25, 0.3) is 0 Å². The molecule has 4 N–H and O–H groups in total. The molecule has 0 saturated heterocycles. The van der Waals surface area contributed by atoms with Gasteiger partial charge < -0.3 is 35.2 Å². The summed E-state index contributed by atoms with van der Waals surface area (Å²) in [4.78, 5) is 24.9. The van der Waals surface area contributed by atoms with E-state index >= 15 is 0 Å². The summed E-state index contributed by atoms with van der Waals surface area (Å²) in [5.74, 6) is -2.97. The highest BCUT2D eigenvalue weighted by Gasteiger charge is 2.40. The SMILES string of the molecule is CCOC(=O)C1=C(N)Oc2c(oc(CO)cc2=O)[C@H]1c1ccccc1N([O-])O.